The maximum atomic E-state index is 6.31. The van der Waals surface area contributed by atoms with Crippen LogP contribution >= 0.6 is 31.9 Å². The summed E-state index contributed by atoms with van der Waals surface area (Å²) in [6.45, 7) is 1.98. The first-order valence-electron chi connectivity index (χ1n) is 6.21. The highest BCUT2D eigenvalue weighted by Gasteiger charge is 2.16. The second-order valence-corrected chi connectivity index (χ2v) is 6.32. The summed E-state index contributed by atoms with van der Waals surface area (Å²) < 4.78 is 9.04. The fraction of sp³-hybridized carbons (Fsp3) is 0.357. The molecule has 1 aromatic heterocycles. The van der Waals surface area contributed by atoms with Gasteiger partial charge in [0.15, 0.2) is 0 Å². The lowest BCUT2D eigenvalue weighted by Gasteiger charge is -2.14. The monoisotopic (exact) mass is 401 g/mol. The number of rotatable bonds is 4. The zero-order chi connectivity index (χ0) is 14.9. The number of ether oxygens (including phenoxy) is 1. The van der Waals surface area contributed by atoms with E-state index in [0.717, 1.165) is 38.1 Å². The van der Waals surface area contributed by atoms with Crippen LogP contribution in [0.1, 0.15) is 23.0 Å². The van der Waals surface area contributed by atoms with Crippen molar-refractivity contribution in [3.05, 3.63) is 44.1 Å². The summed E-state index contributed by atoms with van der Waals surface area (Å²) >= 11 is 7.06. The van der Waals surface area contributed by atoms with E-state index < -0.39 is 0 Å². The Balaban J connectivity index is 2.23. The number of methoxy groups -OCH3 is 1. The van der Waals surface area contributed by atoms with E-state index in [0.29, 0.717) is 0 Å². The fourth-order valence-corrected chi connectivity index (χ4v) is 3.20. The maximum absolute atomic E-state index is 6.31. The summed E-state index contributed by atoms with van der Waals surface area (Å²) in [6.07, 6.45) is 0.719. The number of nitrogens with zero attached hydrogens (tertiary/aromatic N) is 2. The highest BCUT2D eigenvalue weighted by molar-refractivity contribution is 9.10. The number of nitrogens with two attached hydrogens (primary N) is 1. The molecule has 0 saturated heterocycles. The molecule has 1 unspecified atom stereocenters. The zero-order valence-electron chi connectivity index (χ0n) is 11.7. The van der Waals surface area contributed by atoms with Gasteiger partial charge in [0.1, 0.15) is 5.75 Å². The SMILES string of the molecule is COc1ccc(C(N)Cc2c(Br)c(C)nn2C)cc1Br. The number of hydrogen-bond acceptors (Lipinski definition) is 3. The average molecular weight is 403 g/mol. The summed E-state index contributed by atoms with van der Waals surface area (Å²) in [5.41, 5.74) is 9.45. The lowest BCUT2D eigenvalue weighted by Crippen LogP contribution is -2.15. The molecule has 2 aromatic rings. The maximum Gasteiger partial charge on any atom is 0.133 e. The van der Waals surface area contributed by atoms with E-state index in [2.05, 4.69) is 37.0 Å². The number of halogens is 2. The quantitative estimate of drug-likeness (QED) is 0.851. The van der Waals surface area contributed by atoms with Crippen molar-refractivity contribution in [3.8, 4) is 5.75 Å². The Morgan fingerprint density at radius 1 is 1.40 bits per heavy atom. The third-order valence-corrected chi connectivity index (χ3v) is 4.93. The summed E-state index contributed by atoms with van der Waals surface area (Å²) in [5, 5.41) is 4.39. The Bertz CT molecular complexity index is 625. The minimum Gasteiger partial charge on any atom is -0.496 e. The first kappa shape index (κ1) is 15.5. The Morgan fingerprint density at radius 3 is 2.60 bits per heavy atom. The normalized spacial score (nSPS) is 12.5. The summed E-state index contributed by atoms with van der Waals surface area (Å²) in [5.74, 6) is 0.804. The summed E-state index contributed by atoms with van der Waals surface area (Å²) in [4.78, 5) is 0. The fourth-order valence-electron chi connectivity index (χ4n) is 2.14. The Morgan fingerprint density at radius 2 is 2.10 bits per heavy atom. The molecule has 1 aromatic carbocycles. The largest absolute Gasteiger partial charge is 0.496 e. The van der Waals surface area contributed by atoms with Gasteiger partial charge in [-0.25, -0.2) is 0 Å². The Labute approximate surface area is 135 Å². The predicted molar refractivity (Wildman–Crippen MR) is 87.0 cm³/mol. The molecule has 0 amide bonds. The van der Waals surface area contributed by atoms with E-state index in [1.54, 1.807) is 7.11 Å². The van der Waals surface area contributed by atoms with Gasteiger partial charge in [-0.2, -0.15) is 5.10 Å². The van der Waals surface area contributed by atoms with Crippen LogP contribution in [0.15, 0.2) is 27.1 Å². The first-order chi connectivity index (χ1) is 9.43. The molecule has 6 heteroatoms. The molecule has 0 spiro atoms. The van der Waals surface area contributed by atoms with Crippen LogP contribution in [0.3, 0.4) is 0 Å². The minimum absolute atomic E-state index is 0.0942. The molecule has 0 aliphatic carbocycles. The first-order valence-corrected chi connectivity index (χ1v) is 7.79. The molecule has 2 N–H and O–H groups in total. The molecule has 0 radical (unpaired) electrons. The molecule has 1 heterocycles. The van der Waals surface area contributed by atoms with E-state index in [9.17, 15) is 0 Å². The molecule has 20 heavy (non-hydrogen) atoms. The second kappa shape index (κ2) is 6.28. The Kier molecular flexibility index (Phi) is 4.88. The number of hydrogen-bond donors (Lipinski definition) is 1. The van der Waals surface area contributed by atoms with Crippen LogP contribution in [-0.4, -0.2) is 16.9 Å². The van der Waals surface area contributed by atoms with E-state index in [1.165, 1.54) is 0 Å². The standard InChI is InChI=1S/C14H17Br2N3O/c1-8-14(16)12(19(2)18-8)7-11(17)9-4-5-13(20-3)10(15)6-9/h4-6,11H,7,17H2,1-3H3. The lowest BCUT2D eigenvalue weighted by atomic mass is 10.0. The molecule has 4 nitrogen and oxygen atoms in total. The molecule has 0 saturated carbocycles. The molecule has 0 fully saturated rings. The zero-order valence-corrected chi connectivity index (χ0v) is 14.8. The molecule has 0 bridgehead atoms. The van der Waals surface area contributed by atoms with Gasteiger partial charge in [0, 0.05) is 19.5 Å². The van der Waals surface area contributed by atoms with Gasteiger partial charge in [0.25, 0.3) is 0 Å². The lowest BCUT2D eigenvalue weighted by molar-refractivity contribution is 0.412. The van der Waals surface area contributed by atoms with Gasteiger partial charge in [-0.1, -0.05) is 6.07 Å². The van der Waals surface area contributed by atoms with Crippen LogP contribution in [0.25, 0.3) is 0 Å². The molecular formula is C14H17Br2N3O. The molecule has 0 aliphatic heterocycles. The van der Waals surface area contributed by atoms with Gasteiger partial charge in [0.05, 0.1) is 27.4 Å². The van der Waals surface area contributed by atoms with Crippen molar-refractivity contribution in [2.24, 2.45) is 12.8 Å². The van der Waals surface area contributed by atoms with Crippen molar-refractivity contribution >= 4 is 31.9 Å². The van der Waals surface area contributed by atoms with E-state index in [4.69, 9.17) is 10.5 Å². The predicted octanol–water partition coefficient (Wildman–Crippen LogP) is 3.50. The topological polar surface area (TPSA) is 53.1 Å². The summed E-state index contributed by atoms with van der Waals surface area (Å²) in [6, 6.07) is 5.82. The van der Waals surface area contributed by atoms with Gasteiger partial charge in [0.2, 0.25) is 0 Å². The van der Waals surface area contributed by atoms with Gasteiger partial charge < -0.3 is 10.5 Å². The van der Waals surface area contributed by atoms with E-state index >= 15 is 0 Å². The highest BCUT2D eigenvalue weighted by atomic mass is 79.9. The van der Waals surface area contributed by atoms with E-state index in [1.807, 2.05) is 36.9 Å². The Hall–Kier alpha value is -0.850. The number of benzene rings is 1. The van der Waals surface area contributed by atoms with Gasteiger partial charge >= 0.3 is 0 Å². The van der Waals surface area contributed by atoms with Crippen LogP contribution < -0.4 is 10.5 Å². The third kappa shape index (κ3) is 3.07. The molecular weight excluding hydrogens is 386 g/mol. The molecule has 2 rings (SSSR count). The highest BCUT2D eigenvalue weighted by Crippen LogP contribution is 2.30. The van der Waals surface area contributed by atoms with Crippen molar-refractivity contribution in [1.82, 2.24) is 9.78 Å². The van der Waals surface area contributed by atoms with Crippen molar-refractivity contribution < 1.29 is 4.74 Å². The van der Waals surface area contributed by atoms with Gasteiger partial charge in [-0.15, -0.1) is 0 Å². The second-order valence-electron chi connectivity index (χ2n) is 4.67. The van der Waals surface area contributed by atoms with E-state index in [-0.39, 0.29) is 6.04 Å². The smallest absolute Gasteiger partial charge is 0.133 e. The minimum atomic E-state index is -0.0942. The van der Waals surface area contributed by atoms with Crippen molar-refractivity contribution in [3.63, 3.8) is 0 Å². The van der Waals surface area contributed by atoms with Crippen LogP contribution in [0.2, 0.25) is 0 Å². The molecule has 108 valence electrons. The molecule has 0 aliphatic rings. The van der Waals surface area contributed by atoms with Gasteiger partial charge in [-0.05, 0) is 56.5 Å². The average Bonchev–Trinajstić information content (AvgIpc) is 2.65. The van der Waals surface area contributed by atoms with Crippen LogP contribution in [0.5, 0.6) is 5.75 Å². The van der Waals surface area contributed by atoms with Crippen molar-refractivity contribution in [2.45, 2.75) is 19.4 Å². The van der Waals surface area contributed by atoms with Crippen molar-refractivity contribution in [1.29, 1.82) is 0 Å². The van der Waals surface area contributed by atoms with Crippen molar-refractivity contribution in [2.75, 3.05) is 7.11 Å². The van der Waals surface area contributed by atoms with Crippen LogP contribution in [0, 0.1) is 6.92 Å². The van der Waals surface area contributed by atoms with Crippen LogP contribution in [0.4, 0.5) is 0 Å². The number of aryl methyl sites for hydroxylation is 2. The summed E-state index contributed by atoms with van der Waals surface area (Å²) in [7, 11) is 3.58. The number of aromatic nitrogens is 2. The van der Waals surface area contributed by atoms with Crippen LogP contribution in [-0.2, 0) is 13.5 Å². The van der Waals surface area contributed by atoms with Gasteiger partial charge in [-0.3, -0.25) is 4.68 Å². The third-order valence-electron chi connectivity index (χ3n) is 3.28. The molecule has 1 atom stereocenters.